The van der Waals surface area contributed by atoms with E-state index in [1.165, 1.54) is 5.57 Å². The van der Waals surface area contributed by atoms with Crippen LogP contribution in [-0.4, -0.2) is 0 Å². The second kappa shape index (κ2) is 4.73. The fourth-order valence-corrected chi connectivity index (χ4v) is 0.730. The van der Waals surface area contributed by atoms with E-state index in [1.54, 1.807) is 0 Å². The van der Waals surface area contributed by atoms with Gasteiger partial charge in [0.15, 0.2) is 0 Å². The Morgan fingerprint density at radius 3 is 2.18 bits per heavy atom. The van der Waals surface area contributed by atoms with Crippen LogP contribution in [0.15, 0.2) is 22.8 Å². The Hall–Kier alpha value is -1.03. The molecule has 11 heavy (non-hydrogen) atoms. The zero-order valence-electron chi connectivity index (χ0n) is 7.73. The second-order valence-electron chi connectivity index (χ2n) is 2.88. The number of nitrogens with zero attached hydrogens (tertiary/aromatic N) is 1. The lowest BCUT2D eigenvalue weighted by Gasteiger charge is -1.97. The van der Waals surface area contributed by atoms with Gasteiger partial charge in [-0.3, -0.25) is 0 Å². The number of rotatable bonds is 2. The third kappa shape index (κ3) is 3.62. The zero-order chi connectivity index (χ0) is 8.85. The molecule has 1 heteroatoms. The number of nitriles is 1. The molecule has 0 amide bonds. The van der Waals surface area contributed by atoms with Crippen molar-refractivity contribution in [1.82, 2.24) is 0 Å². The summed E-state index contributed by atoms with van der Waals surface area (Å²) in [7, 11) is 0. The van der Waals surface area contributed by atoms with Gasteiger partial charge in [-0.2, -0.15) is 5.26 Å². The molecule has 0 aliphatic carbocycles. The van der Waals surface area contributed by atoms with Crippen LogP contribution < -0.4 is 0 Å². The topological polar surface area (TPSA) is 23.8 Å². The number of allylic oxidation sites excluding steroid dienone is 4. The predicted octanol–water partition coefficient (Wildman–Crippen LogP) is 3.20. The molecule has 0 rings (SSSR count). The van der Waals surface area contributed by atoms with E-state index in [4.69, 9.17) is 5.26 Å². The van der Waals surface area contributed by atoms with Gasteiger partial charge in [-0.15, -0.1) is 0 Å². The van der Waals surface area contributed by atoms with E-state index in [2.05, 4.69) is 13.0 Å². The number of hydrogen-bond acceptors (Lipinski definition) is 1. The zero-order valence-corrected chi connectivity index (χ0v) is 7.73. The first-order valence-corrected chi connectivity index (χ1v) is 3.86. The Morgan fingerprint density at radius 2 is 1.91 bits per heavy atom. The van der Waals surface area contributed by atoms with Gasteiger partial charge in [-0.25, -0.2) is 0 Å². The standard InChI is InChI=1S/C10H15N/c1-5-9(4)10(7-11)6-8(2)3/h6H,5H2,1-4H3/b10-9+. The highest BCUT2D eigenvalue weighted by Crippen LogP contribution is 2.10. The quantitative estimate of drug-likeness (QED) is 0.437. The largest absolute Gasteiger partial charge is 0.192 e. The molecule has 60 valence electrons. The molecule has 0 aromatic heterocycles. The van der Waals surface area contributed by atoms with E-state index in [0.717, 1.165) is 17.6 Å². The van der Waals surface area contributed by atoms with Crippen LogP contribution in [-0.2, 0) is 0 Å². The first kappa shape index (κ1) is 9.97. The molecule has 0 heterocycles. The van der Waals surface area contributed by atoms with Crippen LogP contribution in [0.2, 0.25) is 0 Å². The highest BCUT2D eigenvalue weighted by molar-refractivity contribution is 5.38. The SMILES string of the molecule is CC/C(C)=C(/C#N)C=C(C)C. The van der Waals surface area contributed by atoms with Crippen molar-refractivity contribution in [3.63, 3.8) is 0 Å². The molecule has 0 aromatic rings. The van der Waals surface area contributed by atoms with Crippen LogP contribution >= 0.6 is 0 Å². The third-order valence-electron chi connectivity index (χ3n) is 1.54. The molecular formula is C10H15N. The van der Waals surface area contributed by atoms with Gasteiger partial charge in [-0.1, -0.05) is 18.1 Å². The van der Waals surface area contributed by atoms with Crippen LogP contribution in [0.4, 0.5) is 0 Å². The molecule has 0 saturated carbocycles. The molecule has 0 radical (unpaired) electrons. The highest BCUT2D eigenvalue weighted by Gasteiger charge is 1.94. The molecular weight excluding hydrogens is 134 g/mol. The third-order valence-corrected chi connectivity index (χ3v) is 1.54. The molecule has 0 unspecified atom stereocenters. The van der Waals surface area contributed by atoms with Crippen molar-refractivity contribution in [2.24, 2.45) is 0 Å². The Labute approximate surface area is 69.0 Å². The molecule has 0 bridgehead atoms. The van der Waals surface area contributed by atoms with Gasteiger partial charge in [0.25, 0.3) is 0 Å². The smallest absolute Gasteiger partial charge is 0.0990 e. The summed E-state index contributed by atoms with van der Waals surface area (Å²) < 4.78 is 0. The average molecular weight is 149 g/mol. The van der Waals surface area contributed by atoms with E-state index in [0.29, 0.717) is 0 Å². The maximum absolute atomic E-state index is 8.72. The maximum Gasteiger partial charge on any atom is 0.0990 e. The van der Waals surface area contributed by atoms with Crippen molar-refractivity contribution in [3.05, 3.63) is 22.8 Å². The van der Waals surface area contributed by atoms with Gasteiger partial charge in [0.05, 0.1) is 11.6 Å². The van der Waals surface area contributed by atoms with E-state index in [1.807, 2.05) is 26.8 Å². The van der Waals surface area contributed by atoms with Crippen molar-refractivity contribution in [1.29, 1.82) is 5.26 Å². The first-order chi connectivity index (χ1) is 5.11. The van der Waals surface area contributed by atoms with Crippen LogP contribution in [0.1, 0.15) is 34.1 Å². The van der Waals surface area contributed by atoms with Crippen molar-refractivity contribution in [2.45, 2.75) is 34.1 Å². The Bertz CT molecular complexity index is 222. The maximum atomic E-state index is 8.72. The van der Waals surface area contributed by atoms with Gasteiger partial charge < -0.3 is 0 Å². The van der Waals surface area contributed by atoms with Gasteiger partial charge in [0.1, 0.15) is 0 Å². The summed E-state index contributed by atoms with van der Waals surface area (Å²) in [5.41, 5.74) is 3.15. The summed E-state index contributed by atoms with van der Waals surface area (Å²) >= 11 is 0. The lowest BCUT2D eigenvalue weighted by atomic mass is 10.1. The summed E-state index contributed by atoms with van der Waals surface area (Å²) in [5.74, 6) is 0. The minimum absolute atomic E-state index is 0.812. The second-order valence-corrected chi connectivity index (χ2v) is 2.88. The summed E-state index contributed by atoms with van der Waals surface area (Å²) in [5, 5.41) is 8.72. The van der Waals surface area contributed by atoms with Crippen molar-refractivity contribution >= 4 is 0 Å². The molecule has 1 nitrogen and oxygen atoms in total. The molecule has 0 N–H and O–H groups in total. The molecule has 0 aromatic carbocycles. The fourth-order valence-electron chi connectivity index (χ4n) is 0.730. The summed E-state index contributed by atoms with van der Waals surface area (Å²) in [6, 6.07) is 2.19. The van der Waals surface area contributed by atoms with Gasteiger partial charge >= 0.3 is 0 Å². The van der Waals surface area contributed by atoms with Crippen LogP contribution in [0.5, 0.6) is 0 Å². The van der Waals surface area contributed by atoms with E-state index >= 15 is 0 Å². The van der Waals surface area contributed by atoms with Crippen molar-refractivity contribution in [2.75, 3.05) is 0 Å². The molecule has 0 aliphatic rings. The Morgan fingerprint density at radius 1 is 1.36 bits per heavy atom. The molecule has 0 fully saturated rings. The van der Waals surface area contributed by atoms with Gasteiger partial charge in [0, 0.05) is 0 Å². The minimum Gasteiger partial charge on any atom is -0.192 e. The molecule has 0 atom stereocenters. The van der Waals surface area contributed by atoms with Crippen molar-refractivity contribution < 1.29 is 0 Å². The average Bonchev–Trinajstić information content (AvgIpc) is 1.98. The monoisotopic (exact) mass is 149 g/mol. The predicted molar refractivity (Wildman–Crippen MR) is 48.0 cm³/mol. The highest BCUT2D eigenvalue weighted by atomic mass is 14.2. The van der Waals surface area contributed by atoms with Gasteiger partial charge in [-0.05, 0) is 33.3 Å². The Kier molecular flexibility index (Phi) is 4.29. The van der Waals surface area contributed by atoms with E-state index < -0.39 is 0 Å². The molecule has 0 aliphatic heterocycles. The van der Waals surface area contributed by atoms with Crippen molar-refractivity contribution in [3.8, 4) is 6.07 Å². The first-order valence-electron chi connectivity index (χ1n) is 3.86. The molecule has 0 saturated heterocycles. The lowest BCUT2D eigenvalue weighted by molar-refractivity contribution is 1.08. The summed E-state index contributed by atoms with van der Waals surface area (Å²) in [6.45, 7) is 8.06. The summed E-state index contributed by atoms with van der Waals surface area (Å²) in [6.07, 6.45) is 2.88. The van der Waals surface area contributed by atoms with Crippen LogP contribution in [0.25, 0.3) is 0 Å². The minimum atomic E-state index is 0.812. The van der Waals surface area contributed by atoms with Gasteiger partial charge in [0.2, 0.25) is 0 Å². The van der Waals surface area contributed by atoms with E-state index in [9.17, 15) is 0 Å². The molecule has 0 spiro atoms. The Balaban J connectivity index is 4.71. The number of hydrogen-bond donors (Lipinski definition) is 0. The van der Waals surface area contributed by atoms with E-state index in [-0.39, 0.29) is 0 Å². The van der Waals surface area contributed by atoms with Crippen LogP contribution in [0, 0.1) is 11.3 Å². The van der Waals surface area contributed by atoms with Crippen LogP contribution in [0.3, 0.4) is 0 Å². The fraction of sp³-hybridized carbons (Fsp3) is 0.500. The normalized spacial score (nSPS) is 11.5. The lowest BCUT2D eigenvalue weighted by Crippen LogP contribution is -1.81. The summed E-state index contributed by atoms with van der Waals surface area (Å²) in [4.78, 5) is 0.